The fourth-order valence-corrected chi connectivity index (χ4v) is 2.23. The van der Waals surface area contributed by atoms with Gasteiger partial charge in [-0.1, -0.05) is 19.1 Å². The minimum atomic E-state index is -0.605. The van der Waals surface area contributed by atoms with E-state index in [1.165, 1.54) is 0 Å². The average Bonchev–Trinajstić information content (AvgIpc) is 2.85. The van der Waals surface area contributed by atoms with Crippen LogP contribution in [0.2, 0.25) is 0 Å². The third-order valence-corrected chi connectivity index (χ3v) is 3.50. The molecule has 20 heavy (non-hydrogen) atoms. The van der Waals surface area contributed by atoms with E-state index in [1.807, 2.05) is 31.2 Å². The van der Waals surface area contributed by atoms with E-state index in [2.05, 4.69) is 5.32 Å². The van der Waals surface area contributed by atoms with Crippen LogP contribution in [0.4, 0.5) is 0 Å². The van der Waals surface area contributed by atoms with Gasteiger partial charge in [-0.15, -0.1) is 0 Å². The predicted octanol–water partition coefficient (Wildman–Crippen LogP) is 0.750. The lowest BCUT2D eigenvalue weighted by atomic mass is 10.0. The molecule has 3 atom stereocenters. The van der Waals surface area contributed by atoms with E-state index in [1.54, 1.807) is 7.11 Å². The van der Waals surface area contributed by atoms with Crippen LogP contribution in [0.15, 0.2) is 24.3 Å². The van der Waals surface area contributed by atoms with Crippen LogP contribution >= 0.6 is 0 Å². The summed E-state index contributed by atoms with van der Waals surface area (Å²) in [6.45, 7) is 2.83. The molecule has 0 amide bonds. The van der Waals surface area contributed by atoms with E-state index in [9.17, 15) is 9.90 Å². The summed E-state index contributed by atoms with van der Waals surface area (Å²) in [6.07, 6.45) is -0.424. The number of ether oxygens (including phenoxy) is 2. The molecule has 110 valence electrons. The van der Waals surface area contributed by atoms with Crippen LogP contribution in [-0.4, -0.2) is 43.5 Å². The molecule has 2 N–H and O–H groups in total. The first-order valence-electron chi connectivity index (χ1n) is 6.82. The van der Waals surface area contributed by atoms with Crippen LogP contribution in [0.25, 0.3) is 0 Å². The summed E-state index contributed by atoms with van der Waals surface area (Å²) < 4.78 is 10.4. The number of rotatable bonds is 5. The Kier molecular flexibility index (Phi) is 4.98. The maximum atomic E-state index is 12.0. The molecule has 1 aliphatic rings. The Morgan fingerprint density at radius 3 is 2.65 bits per heavy atom. The van der Waals surface area contributed by atoms with Crippen molar-refractivity contribution in [2.75, 3.05) is 20.2 Å². The molecule has 3 unspecified atom stereocenters. The van der Waals surface area contributed by atoms with Gasteiger partial charge in [0.2, 0.25) is 0 Å². The number of carbonyl (C=O) groups excluding carboxylic acids is 1. The summed E-state index contributed by atoms with van der Waals surface area (Å²) in [6, 6.07) is 7.62. The number of benzene rings is 1. The summed E-state index contributed by atoms with van der Waals surface area (Å²) in [4.78, 5) is 12.0. The van der Waals surface area contributed by atoms with Gasteiger partial charge >= 0.3 is 5.97 Å². The molecule has 0 spiro atoms. The highest BCUT2D eigenvalue weighted by molar-refractivity contribution is 5.72. The third kappa shape index (κ3) is 3.71. The van der Waals surface area contributed by atoms with Gasteiger partial charge in [0.1, 0.15) is 18.0 Å². The van der Waals surface area contributed by atoms with E-state index in [4.69, 9.17) is 9.47 Å². The van der Waals surface area contributed by atoms with Crippen molar-refractivity contribution in [3.8, 4) is 5.75 Å². The molecular weight excluding hydrogens is 258 g/mol. The van der Waals surface area contributed by atoms with Crippen LogP contribution in [0, 0.1) is 5.92 Å². The molecule has 1 saturated heterocycles. The van der Waals surface area contributed by atoms with Gasteiger partial charge in [0, 0.05) is 13.1 Å². The van der Waals surface area contributed by atoms with Gasteiger partial charge in [0.05, 0.1) is 13.0 Å². The largest absolute Gasteiger partial charge is 0.497 e. The van der Waals surface area contributed by atoms with Crippen LogP contribution in [-0.2, 0) is 16.0 Å². The van der Waals surface area contributed by atoms with Crippen molar-refractivity contribution in [1.29, 1.82) is 0 Å². The molecule has 0 bridgehead atoms. The normalized spacial score (nSPS) is 23.4. The lowest BCUT2D eigenvalue weighted by Crippen LogP contribution is -2.32. The number of hydrogen-bond acceptors (Lipinski definition) is 5. The Morgan fingerprint density at radius 1 is 1.40 bits per heavy atom. The van der Waals surface area contributed by atoms with Gasteiger partial charge < -0.3 is 19.9 Å². The highest BCUT2D eigenvalue weighted by atomic mass is 16.6. The Labute approximate surface area is 118 Å². The van der Waals surface area contributed by atoms with Gasteiger partial charge in [0.15, 0.2) is 0 Å². The Balaban J connectivity index is 1.86. The maximum Gasteiger partial charge on any atom is 0.309 e. The fraction of sp³-hybridized carbons (Fsp3) is 0.533. The highest BCUT2D eigenvalue weighted by Crippen LogP contribution is 2.16. The predicted molar refractivity (Wildman–Crippen MR) is 74.6 cm³/mol. The summed E-state index contributed by atoms with van der Waals surface area (Å²) in [5.41, 5.74) is 1.06. The van der Waals surface area contributed by atoms with Crippen molar-refractivity contribution in [3.05, 3.63) is 29.8 Å². The van der Waals surface area contributed by atoms with Crippen molar-refractivity contribution in [2.45, 2.75) is 25.6 Å². The van der Waals surface area contributed by atoms with Gasteiger partial charge in [-0.3, -0.25) is 4.79 Å². The van der Waals surface area contributed by atoms with E-state index in [0.717, 1.165) is 11.3 Å². The zero-order valence-electron chi connectivity index (χ0n) is 11.8. The van der Waals surface area contributed by atoms with Crippen LogP contribution in [0.1, 0.15) is 12.5 Å². The molecule has 1 aromatic rings. The average molecular weight is 279 g/mol. The van der Waals surface area contributed by atoms with Gasteiger partial charge in [-0.05, 0) is 24.1 Å². The molecular formula is C15H21NO4. The van der Waals surface area contributed by atoms with E-state index in [-0.39, 0.29) is 11.9 Å². The number of methoxy groups -OCH3 is 1. The first kappa shape index (κ1) is 14.8. The molecule has 0 aromatic heterocycles. The maximum absolute atomic E-state index is 12.0. The smallest absolute Gasteiger partial charge is 0.309 e. The topological polar surface area (TPSA) is 67.8 Å². The Bertz CT molecular complexity index is 446. The standard InChI is InChI=1S/C15H21NO4/c1-10(7-11-3-5-12(19-2)6-4-11)15(18)20-14-9-16-8-13(14)17/h3-6,10,13-14,16-17H,7-9H2,1-2H3. The van der Waals surface area contributed by atoms with Crippen LogP contribution < -0.4 is 10.1 Å². The fourth-order valence-electron chi connectivity index (χ4n) is 2.23. The minimum Gasteiger partial charge on any atom is -0.497 e. The summed E-state index contributed by atoms with van der Waals surface area (Å²) in [5, 5.41) is 12.6. The number of esters is 1. The molecule has 0 radical (unpaired) electrons. The lowest BCUT2D eigenvalue weighted by molar-refractivity contribution is -0.156. The van der Waals surface area contributed by atoms with E-state index < -0.39 is 12.2 Å². The van der Waals surface area contributed by atoms with Crippen molar-refractivity contribution in [3.63, 3.8) is 0 Å². The van der Waals surface area contributed by atoms with Gasteiger partial charge in [-0.2, -0.15) is 0 Å². The molecule has 1 fully saturated rings. The van der Waals surface area contributed by atoms with Gasteiger partial charge in [-0.25, -0.2) is 0 Å². The number of β-amino-alcohol motifs (C(OH)–C–C–N with tert-alkyl or cyclic N) is 1. The lowest BCUT2D eigenvalue weighted by Gasteiger charge is -2.18. The number of aliphatic hydroxyl groups excluding tert-OH is 1. The second-order valence-corrected chi connectivity index (χ2v) is 5.15. The Hall–Kier alpha value is -1.59. The van der Waals surface area contributed by atoms with Crippen LogP contribution in [0.3, 0.4) is 0 Å². The summed E-state index contributed by atoms with van der Waals surface area (Å²) in [7, 11) is 1.62. The Morgan fingerprint density at radius 2 is 2.10 bits per heavy atom. The zero-order chi connectivity index (χ0) is 14.5. The zero-order valence-corrected chi connectivity index (χ0v) is 11.8. The number of hydrogen-bond donors (Lipinski definition) is 2. The van der Waals surface area contributed by atoms with E-state index in [0.29, 0.717) is 19.5 Å². The van der Waals surface area contributed by atoms with Crippen LogP contribution in [0.5, 0.6) is 5.75 Å². The number of nitrogens with one attached hydrogen (secondary N) is 1. The van der Waals surface area contributed by atoms with E-state index >= 15 is 0 Å². The molecule has 5 nitrogen and oxygen atoms in total. The second-order valence-electron chi connectivity index (χ2n) is 5.15. The molecule has 1 aromatic carbocycles. The SMILES string of the molecule is COc1ccc(CC(C)C(=O)OC2CNCC2O)cc1. The van der Waals surface area contributed by atoms with Crippen molar-refractivity contribution < 1.29 is 19.4 Å². The molecule has 0 saturated carbocycles. The second kappa shape index (κ2) is 6.72. The number of carbonyl (C=O) groups is 1. The first-order chi connectivity index (χ1) is 9.60. The molecule has 5 heteroatoms. The van der Waals surface area contributed by atoms with Crippen molar-refractivity contribution >= 4 is 5.97 Å². The first-order valence-corrected chi connectivity index (χ1v) is 6.82. The molecule has 2 rings (SSSR count). The minimum absolute atomic E-state index is 0.240. The monoisotopic (exact) mass is 279 g/mol. The number of aliphatic hydroxyl groups is 1. The highest BCUT2D eigenvalue weighted by Gasteiger charge is 2.29. The third-order valence-electron chi connectivity index (χ3n) is 3.50. The molecule has 0 aliphatic carbocycles. The van der Waals surface area contributed by atoms with Crippen molar-refractivity contribution in [2.24, 2.45) is 5.92 Å². The van der Waals surface area contributed by atoms with Gasteiger partial charge in [0.25, 0.3) is 0 Å². The summed E-state index contributed by atoms with van der Waals surface area (Å²) in [5.74, 6) is 0.286. The summed E-state index contributed by atoms with van der Waals surface area (Å²) >= 11 is 0. The molecule has 1 heterocycles. The van der Waals surface area contributed by atoms with Crippen molar-refractivity contribution in [1.82, 2.24) is 5.32 Å². The molecule has 1 aliphatic heterocycles. The quantitative estimate of drug-likeness (QED) is 0.779.